The average molecular weight is 193 g/mol. The third kappa shape index (κ3) is 4.27. The van der Waals surface area contributed by atoms with Crippen LogP contribution in [-0.2, 0) is 9.37 Å². The molecule has 0 unspecified atom stereocenters. The van der Waals surface area contributed by atoms with E-state index in [-0.39, 0.29) is 0 Å². The van der Waals surface area contributed by atoms with Gasteiger partial charge in [-0.25, -0.2) is 5.26 Å². The van der Waals surface area contributed by atoms with Gasteiger partial charge < -0.3 is 4.90 Å². The summed E-state index contributed by atoms with van der Waals surface area (Å²) in [6, 6.07) is 0. The molecule has 0 aromatic heterocycles. The first-order valence-corrected chi connectivity index (χ1v) is 5.16. The lowest BCUT2D eigenvalue weighted by molar-refractivity contribution is -0.432. The molecule has 0 aromatic rings. The van der Waals surface area contributed by atoms with Crippen LogP contribution in [0.15, 0.2) is 0 Å². The molecule has 12 heavy (non-hydrogen) atoms. The normalized spacial score (nSPS) is 18.8. The molecule has 0 bridgehead atoms. The van der Waals surface area contributed by atoms with Crippen LogP contribution in [0.1, 0.15) is 19.3 Å². The molecule has 1 N–H and O–H groups in total. The molecule has 0 spiro atoms. The third-order valence-corrected chi connectivity index (χ3v) is 2.59. The second kappa shape index (κ2) is 6.68. The Kier molecular flexibility index (Phi) is 5.72. The van der Waals surface area contributed by atoms with Crippen molar-refractivity contribution >= 4 is 12.0 Å². The molecule has 1 heterocycles. The quantitative estimate of drug-likeness (QED) is 0.300. The fourth-order valence-corrected chi connectivity index (χ4v) is 1.77. The standard InChI is InChI=1S/C7H15NO3S/c9-10-11-12-7-3-6-8-4-1-2-5-8/h9H,1-7H2. The molecule has 0 amide bonds. The van der Waals surface area contributed by atoms with E-state index < -0.39 is 0 Å². The highest BCUT2D eigenvalue weighted by Gasteiger charge is 2.09. The molecule has 0 radical (unpaired) electrons. The predicted octanol–water partition coefficient (Wildman–Crippen LogP) is 1.54. The van der Waals surface area contributed by atoms with Gasteiger partial charge >= 0.3 is 0 Å². The number of hydrogen-bond acceptors (Lipinski definition) is 5. The highest BCUT2D eigenvalue weighted by Crippen LogP contribution is 2.09. The third-order valence-electron chi connectivity index (χ3n) is 1.98. The van der Waals surface area contributed by atoms with Crippen molar-refractivity contribution in [1.29, 1.82) is 0 Å². The van der Waals surface area contributed by atoms with Gasteiger partial charge in [0.05, 0.1) is 0 Å². The van der Waals surface area contributed by atoms with Crippen LogP contribution in [-0.4, -0.2) is 35.5 Å². The van der Waals surface area contributed by atoms with Gasteiger partial charge in [-0.1, -0.05) is 5.04 Å². The molecule has 1 aliphatic rings. The van der Waals surface area contributed by atoms with Crippen LogP contribution >= 0.6 is 12.0 Å². The van der Waals surface area contributed by atoms with Crippen molar-refractivity contribution in [2.45, 2.75) is 19.3 Å². The lowest BCUT2D eigenvalue weighted by atomic mass is 10.4. The monoisotopic (exact) mass is 193 g/mol. The van der Waals surface area contributed by atoms with Gasteiger partial charge in [-0.15, -0.1) is 4.33 Å². The first-order chi connectivity index (χ1) is 5.93. The molecule has 1 fully saturated rings. The predicted molar refractivity (Wildman–Crippen MR) is 47.5 cm³/mol. The van der Waals surface area contributed by atoms with E-state index in [0.717, 1.165) is 30.8 Å². The average Bonchev–Trinajstić information content (AvgIpc) is 2.57. The maximum Gasteiger partial charge on any atom is 0.0346 e. The summed E-state index contributed by atoms with van der Waals surface area (Å²) in [4.78, 5) is 2.44. The minimum absolute atomic E-state index is 0.858. The molecule has 0 aliphatic carbocycles. The summed E-state index contributed by atoms with van der Waals surface area (Å²) in [6.07, 6.45) is 3.75. The molecule has 0 aromatic carbocycles. The van der Waals surface area contributed by atoms with Gasteiger partial charge in [0.2, 0.25) is 0 Å². The summed E-state index contributed by atoms with van der Waals surface area (Å²) in [5.41, 5.74) is 0. The summed E-state index contributed by atoms with van der Waals surface area (Å²) < 4.78 is 4.25. The first kappa shape index (κ1) is 10.3. The summed E-state index contributed by atoms with van der Waals surface area (Å²) in [6.45, 7) is 3.60. The molecule has 72 valence electrons. The summed E-state index contributed by atoms with van der Waals surface area (Å²) >= 11 is 1.14. The highest BCUT2D eigenvalue weighted by molar-refractivity contribution is 7.94. The molecular weight excluding hydrogens is 178 g/mol. The van der Waals surface area contributed by atoms with Crippen molar-refractivity contribution in [3.8, 4) is 0 Å². The van der Waals surface area contributed by atoms with Crippen molar-refractivity contribution in [3.05, 3.63) is 0 Å². The zero-order chi connectivity index (χ0) is 8.65. The maximum absolute atomic E-state index is 7.82. The lowest BCUT2D eigenvalue weighted by Crippen LogP contribution is -2.20. The van der Waals surface area contributed by atoms with Crippen molar-refractivity contribution in [2.75, 3.05) is 25.4 Å². The van der Waals surface area contributed by atoms with E-state index in [2.05, 4.69) is 14.3 Å². The summed E-state index contributed by atoms with van der Waals surface area (Å²) in [5.74, 6) is 0.858. The highest BCUT2D eigenvalue weighted by atomic mass is 32.2. The van der Waals surface area contributed by atoms with Crippen LogP contribution in [0, 0.1) is 0 Å². The van der Waals surface area contributed by atoms with Gasteiger partial charge in [0.1, 0.15) is 0 Å². The van der Waals surface area contributed by atoms with Crippen LogP contribution in [0.5, 0.6) is 0 Å². The minimum Gasteiger partial charge on any atom is -0.303 e. The maximum atomic E-state index is 7.82. The van der Waals surface area contributed by atoms with Gasteiger partial charge in [0.15, 0.2) is 0 Å². The molecular formula is C7H15NO3S. The first-order valence-electron chi connectivity index (χ1n) is 4.25. The molecule has 0 atom stereocenters. The largest absolute Gasteiger partial charge is 0.303 e. The summed E-state index contributed by atoms with van der Waals surface area (Å²) in [5, 5.41) is 11.3. The fourth-order valence-electron chi connectivity index (χ4n) is 1.41. The Labute approximate surface area is 76.9 Å². The van der Waals surface area contributed by atoms with Crippen LogP contribution in [0.2, 0.25) is 0 Å². The van der Waals surface area contributed by atoms with E-state index in [0.29, 0.717) is 0 Å². The zero-order valence-corrected chi connectivity index (χ0v) is 7.89. The van der Waals surface area contributed by atoms with Crippen LogP contribution in [0.25, 0.3) is 0 Å². The van der Waals surface area contributed by atoms with Crippen molar-refractivity contribution in [1.82, 2.24) is 4.90 Å². The van der Waals surface area contributed by atoms with Crippen LogP contribution < -0.4 is 0 Å². The van der Waals surface area contributed by atoms with Crippen LogP contribution in [0.3, 0.4) is 0 Å². The topological polar surface area (TPSA) is 41.9 Å². The Bertz CT molecular complexity index is 109. The van der Waals surface area contributed by atoms with Crippen molar-refractivity contribution in [2.24, 2.45) is 0 Å². The van der Waals surface area contributed by atoms with E-state index in [1.165, 1.54) is 25.9 Å². The zero-order valence-electron chi connectivity index (χ0n) is 7.07. The van der Waals surface area contributed by atoms with E-state index in [1.54, 1.807) is 0 Å². The molecule has 1 aliphatic heterocycles. The van der Waals surface area contributed by atoms with Gasteiger partial charge in [0.25, 0.3) is 0 Å². The van der Waals surface area contributed by atoms with E-state index in [4.69, 9.17) is 5.26 Å². The molecule has 1 saturated heterocycles. The molecule has 0 saturated carbocycles. The fraction of sp³-hybridized carbons (Fsp3) is 1.00. The van der Waals surface area contributed by atoms with Crippen molar-refractivity contribution < 1.29 is 14.6 Å². The van der Waals surface area contributed by atoms with Crippen molar-refractivity contribution in [3.63, 3.8) is 0 Å². The SMILES string of the molecule is OOOSCCCN1CCCC1. The second-order valence-electron chi connectivity index (χ2n) is 2.87. The minimum atomic E-state index is 0.858. The van der Waals surface area contributed by atoms with Gasteiger partial charge in [-0.3, -0.25) is 0 Å². The Morgan fingerprint density at radius 3 is 2.75 bits per heavy atom. The van der Waals surface area contributed by atoms with E-state index >= 15 is 0 Å². The number of hydrogen-bond donors (Lipinski definition) is 1. The molecule has 4 nitrogen and oxygen atoms in total. The Morgan fingerprint density at radius 1 is 1.33 bits per heavy atom. The number of rotatable bonds is 6. The van der Waals surface area contributed by atoms with Crippen LogP contribution in [0.4, 0.5) is 0 Å². The smallest absolute Gasteiger partial charge is 0.0346 e. The van der Waals surface area contributed by atoms with Gasteiger partial charge in [-0.2, -0.15) is 0 Å². The van der Waals surface area contributed by atoms with Gasteiger partial charge in [0, 0.05) is 17.8 Å². The van der Waals surface area contributed by atoms with E-state index in [9.17, 15) is 0 Å². The summed E-state index contributed by atoms with van der Waals surface area (Å²) in [7, 11) is 0. The Balaban J connectivity index is 1.81. The number of likely N-dealkylation sites (tertiary alicyclic amines) is 1. The molecule has 5 heteroatoms. The molecule has 1 rings (SSSR count). The lowest BCUT2D eigenvalue weighted by Gasteiger charge is -2.12. The van der Waals surface area contributed by atoms with E-state index in [1.807, 2.05) is 0 Å². The Morgan fingerprint density at radius 2 is 2.08 bits per heavy atom. The Hall–Kier alpha value is 0.190. The number of nitrogens with zero attached hydrogens (tertiary/aromatic N) is 1. The second-order valence-corrected chi connectivity index (χ2v) is 3.65. The van der Waals surface area contributed by atoms with Gasteiger partial charge in [-0.05, 0) is 38.9 Å².